The first kappa shape index (κ1) is 33.9. The zero-order chi connectivity index (χ0) is 27.0. The fourth-order valence-corrected chi connectivity index (χ4v) is 3.46. The first-order valence-electron chi connectivity index (χ1n) is 14.1. The monoisotopic (exact) mass is 514 g/mol. The Labute approximate surface area is 218 Å². The Morgan fingerprint density at radius 3 is 1.00 bits per heavy atom. The van der Waals surface area contributed by atoms with E-state index in [-0.39, 0.29) is 38.9 Å². The van der Waals surface area contributed by atoms with Gasteiger partial charge >= 0.3 is 23.9 Å². The van der Waals surface area contributed by atoms with Gasteiger partial charge in [0, 0.05) is 25.7 Å². The van der Waals surface area contributed by atoms with Crippen LogP contribution in [0.25, 0.3) is 0 Å². The highest BCUT2D eigenvalue weighted by molar-refractivity contribution is 5.71. The second-order valence-corrected chi connectivity index (χ2v) is 9.25. The maximum Gasteiger partial charge on any atom is 0.306 e. The molecule has 0 heterocycles. The van der Waals surface area contributed by atoms with E-state index < -0.39 is 36.1 Å². The molecule has 0 saturated carbocycles. The molecule has 8 heteroatoms. The molecule has 8 nitrogen and oxygen atoms in total. The summed E-state index contributed by atoms with van der Waals surface area (Å²) in [6.45, 7) is 7.64. The molecular weight excluding hydrogens is 464 g/mol. The Morgan fingerprint density at radius 1 is 0.444 bits per heavy atom. The van der Waals surface area contributed by atoms with Gasteiger partial charge in [0.2, 0.25) is 0 Å². The van der Waals surface area contributed by atoms with Crippen molar-refractivity contribution in [2.24, 2.45) is 0 Å². The van der Waals surface area contributed by atoms with E-state index in [1.54, 1.807) is 0 Å². The summed E-state index contributed by atoms with van der Waals surface area (Å²) in [6, 6.07) is 0. The van der Waals surface area contributed by atoms with E-state index in [1.165, 1.54) is 0 Å². The van der Waals surface area contributed by atoms with Gasteiger partial charge in [0.05, 0.1) is 0 Å². The molecule has 0 aromatic carbocycles. The maximum atomic E-state index is 12.5. The smallest absolute Gasteiger partial charge is 0.306 e. The van der Waals surface area contributed by atoms with Crippen molar-refractivity contribution >= 4 is 23.9 Å². The van der Waals surface area contributed by atoms with Gasteiger partial charge in [-0.05, 0) is 25.7 Å². The number of unbranched alkanes of at least 4 members (excludes halogenated alkanes) is 8. The number of hydrogen-bond donors (Lipinski definition) is 0. The number of rotatable bonds is 23. The van der Waals surface area contributed by atoms with Crippen LogP contribution in [-0.4, -0.2) is 49.3 Å². The second kappa shape index (κ2) is 23.3. The minimum Gasteiger partial charge on any atom is -0.462 e. The third-order valence-corrected chi connectivity index (χ3v) is 5.74. The zero-order valence-corrected chi connectivity index (χ0v) is 23.1. The van der Waals surface area contributed by atoms with Gasteiger partial charge < -0.3 is 18.9 Å². The van der Waals surface area contributed by atoms with E-state index in [0.29, 0.717) is 25.7 Å². The van der Waals surface area contributed by atoms with Crippen LogP contribution in [0.4, 0.5) is 0 Å². The van der Waals surface area contributed by atoms with Crippen molar-refractivity contribution in [1.82, 2.24) is 0 Å². The molecule has 0 spiro atoms. The number of carbonyl (C=O) groups is 4. The normalized spacial score (nSPS) is 12.4. The number of hydrogen-bond acceptors (Lipinski definition) is 8. The summed E-state index contributed by atoms with van der Waals surface area (Å²) in [7, 11) is 0. The van der Waals surface area contributed by atoms with Gasteiger partial charge in [0.25, 0.3) is 0 Å². The molecule has 0 fully saturated rings. The zero-order valence-electron chi connectivity index (χ0n) is 23.1. The van der Waals surface area contributed by atoms with Gasteiger partial charge in [-0.2, -0.15) is 0 Å². The van der Waals surface area contributed by atoms with Crippen LogP contribution in [0.15, 0.2) is 0 Å². The van der Waals surface area contributed by atoms with Crippen LogP contribution in [0.2, 0.25) is 0 Å². The Kier molecular flexibility index (Phi) is 21.9. The molecule has 210 valence electrons. The highest BCUT2D eigenvalue weighted by Gasteiger charge is 2.31. The van der Waals surface area contributed by atoms with Crippen LogP contribution in [0.5, 0.6) is 0 Å². The molecule has 0 aliphatic rings. The summed E-state index contributed by atoms with van der Waals surface area (Å²) in [4.78, 5) is 49.4. The highest BCUT2D eigenvalue weighted by Crippen LogP contribution is 2.14. The van der Waals surface area contributed by atoms with E-state index >= 15 is 0 Å². The minimum atomic E-state index is -1.05. The lowest BCUT2D eigenvalue weighted by Crippen LogP contribution is -2.42. The largest absolute Gasteiger partial charge is 0.462 e. The Bertz CT molecular complexity index is 552. The average Bonchev–Trinajstić information content (AvgIpc) is 2.85. The topological polar surface area (TPSA) is 105 Å². The summed E-state index contributed by atoms with van der Waals surface area (Å²) in [5.41, 5.74) is 0. The predicted octanol–water partition coefficient (Wildman–Crippen LogP) is 6.22. The van der Waals surface area contributed by atoms with Crippen LogP contribution in [-0.2, 0) is 38.1 Å². The first-order chi connectivity index (χ1) is 17.4. The molecule has 0 unspecified atom stereocenters. The predicted molar refractivity (Wildman–Crippen MR) is 138 cm³/mol. The van der Waals surface area contributed by atoms with E-state index in [9.17, 15) is 19.2 Å². The Hall–Kier alpha value is -2.12. The SMILES string of the molecule is CCCCCC(=O)OC[C@H](OC(=O)CCCCC)[C@@H](COC(=O)CCCCC)OC(=O)CCCCC. The summed E-state index contributed by atoms with van der Waals surface area (Å²) >= 11 is 0. The van der Waals surface area contributed by atoms with Crippen LogP contribution in [0, 0.1) is 0 Å². The molecule has 0 radical (unpaired) electrons. The van der Waals surface area contributed by atoms with Gasteiger partial charge in [-0.3, -0.25) is 19.2 Å². The standard InChI is InChI=1S/C28H50O8/c1-5-9-13-17-25(29)33-21-23(35-27(31)19-15-11-7-3)24(36-28(32)20-16-12-8-4)22-34-26(30)18-14-10-6-2/h23-24H,5-22H2,1-4H3/t23-,24+. The lowest BCUT2D eigenvalue weighted by molar-refractivity contribution is -0.182. The van der Waals surface area contributed by atoms with Crippen molar-refractivity contribution in [3.63, 3.8) is 0 Å². The molecule has 36 heavy (non-hydrogen) atoms. The molecule has 0 saturated heterocycles. The van der Waals surface area contributed by atoms with Crippen LogP contribution in [0.3, 0.4) is 0 Å². The van der Waals surface area contributed by atoms with E-state index in [2.05, 4.69) is 0 Å². The van der Waals surface area contributed by atoms with E-state index in [4.69, 9.17) is 18.9 Å². The van der Waals surface area contributed by atoms with E-state index in [0.717, 1.165) is 51.4 Å². The van der Waals surface area contributed by atoms with Crippen molar-refractivity contribution in [3.05, 3.63) is 0 Å². The summed E-state index contributed by atoms with van der Waals surface area (Å²) in [6.07, 6.45) is 9.09. The fraction of sp³-hybridized carbons (Fsp3) is 0.857. The van der Waals surface area contributed by atoms with Crippen molar-refractivity contribution in [2.75, 3.05) is 13.2 Å². The number of esters is 4. The van der Waals surface area contributed by atoms with Crippen molar-refractivity contribution in [1.29, 1.82) is 0 Å². The third kappa shape index (κ3) is 19.1. The summed E-state index contributed by atoms with van der Waals surface area (Å²) < 4.78 is 22.0. The molecule has 2 atom stereocenters. The highest BCUT2D eigenvalue weighted by atomic mass is 16.6. The Balaban J connectivity index is 5.36. The van der Waals surface area contributed by atoms with E-state index in [1.807, 2.05) is 27.7 Å². The van der Waals surface area contributed by atoms with Gasteiger partial charge in [0.1, 0.15) is 13.2 Å². The van der Waals surface area contributed by atoms with Gasteiger partial charge in [-0.25, -0.2) is 0 Å². The molecule has 0 aliphatic carbocycles. The average molecular weight is 515 g/mol. The molecular formula is C28H50O8. The number of carbonyl (C=O) groups excluding carboxylic acids is 4. The second-order valence-electron chi connectivity index (χ2n) is 9.25. The summed E-state index contributed by atoms with van der Waals surface area (Å²) in [5.74, 6) is -1.73. The molecule has 0 aromatic rings. The Morgan fingerprint density at radius 2 is 0.722 bits per heavy atom. The molecule has 0 N–H and O–H groups in total. The molecule has 0 amide bonds. The van der Waals surface area contributed by atoms with Gasteiger partial charge in [0.15, 0.2) is 12.2 Å². The lowest BCUT2D eigenvalue weighted by Gasteiger charge is -2.26. The van der Waals surface area contributed by atoms with Crippen molar-refractivity contribution < 1.29 is 38.1 Å². The number of ether oxygens (including phenoxy) is 4. The maximum absolute atomic E-state index is 12.5. The van der Waals surface area contributed by atoms with Crippen molar-refractivity contribution in [2.45, 2.75) is 143 Å². The van der Waals surface area contributed by atoms with Crippen LogP contribution in [0.1, 0.15) is 130 Å². The summed E-state index contributed by atoms with van der Waals surface area (Å²) in [5, 5.41) is 0. The molecule has 0 aromatic heterocycles. The molecule has 0 rings (SSSR count). The van der Waals surface area contributed by atoms with Gasteiger partial charge in [-0.1, -0.05) is 79.1 Å². The van der Waals surface area contributed by atoms with Crippen LogP contribution < -0.4 is 0 Å². The molecule has 0 bridgehead atoms. The molecule has 0 aliphatic heterocycles. The van der Waals surface area contributed by atoms with Crippen LogP contribution >= 0.6 is 0 Å². The third-order valence-electron chi connectivity index (χ3n) is 5.74. The van der Waals surface area contributed by atoms with Crippen molar-refractivity contribution in [3.8, 4) is 0 Å². The first-order valence-corrected chi connectivity index (χ1v) is 14.1. The minimum absolute atomic E-state index is 0.211. The van der Waals surface area contributed by atoms with Gasteiger partial charge in [-0.15, -0.1) is 0 Å². The quantitative estimate of drug-likeness (QED) is 0.0899. The lowest BCUT2D eigenvalue weighted by atomic mass is 10.1. The fourth-order valence-electron chi connectivity index (χ4n) is 3.46.